The van der Waals surface area contributed by atoms with Crippen molar-refractivity contribution in [3.63, 3.8) is 0 Å². The molecular formula is C14H22N2O2S. The Labute approximate surface area is 115 Å². The highest BCUT2D eigenvalue weighted by molar-refractivity contribution is 7.89. The molecule has 0 saturated carbocycles. The fourth-order valence-electron chi connectivity index (χ4n) is 2.44. The van der Waals surface area contributed by atoms with Crippen molar-refractivity contribution in [3.8, 4) is 0 Å². The van der Waals surface area contributed by atoms with Gasteiger partial charge in [-0.3, -0.25) is 0 Å². The Hall–Kier alpha value is -1.07. The number of sulfonamides is 1. The maximum Gasteiger partial charge on any atom is 0.243 e. The molecule has 0 amide bonds. The molecule has 1 aliphatic heterocycles. The first-order valence-corrected chi connectivity index (χ1v) is 8.29. The van der Waals surface area contributed by atoms with Crippen LogP contribution in [0.4, 0.5) is 5.69 Å². The van der Waals surface area contributed by atoms with Gasteiger partial charge in [0.05, 0.1) is 4.90 Å². The van der Waals surface area contributed by atoms with Gasteiger partial charge in [0.1, 0.15) is 0 Å². The third kappa shape index (κ3) is 2.77. The third-order valence-corrected chi connectivity index (χ3v) is 5.49. The van der Waals surface area contributed by atoms with E-state index in [-0.39, 0.29) is 6.04 Å². The summed E-state index contributed by atoms with van der Waals surface area (Å²) in [5.41, 5.74) is 2.16. The maximum atomic E-state index is 12.7. The predicted octanol–water partition coefficient (Wildman–Crippen LogP) is 2.46. The monoisotopic (exact) mass is 282 g/mol. The van der Waals surface area contributed by atoms with Crippen molar-refractivity contribution in [1.82, 2.24) is 4.31 Å². The number of fused-ring (bicyclic) bond motifs is 1. The lowest BCUT2D eigenvalue weighted by Gasteiger charge is -2.25. The highest BCUT2D eigenvalue weighted by Crippen LogP contribution is 2.27. The molecule has 0 radical (unpaired) electrons. The molecule has 2 rings (SSSR count). The minimum absolute atomic E-state index is 0.0221. The van der Waals surface area contributed by atoms with E-state index >= 15 is 0 Å². The fraction of sp³-hybridized carbons (Fsp3) is 0.571. The first-order chi connectivity index (χ1) is 8.96. The molecule has 4 nitrogen and oxygen atoms in total. The Bertz CT molecular complexity index is 553. The number of nitrogens with zero attached hydrogens (tertiary/aromatic N) is 1. The normalized spacial score (nSPS) is 14.8. The van der Waals surface area contributed by atoms with Gasteiger partial charge in [-0.05, 0) is 44.4 Å². The van der Waals surface area contributed by atoms with Crippen LogP contribution in [0.2, 0.25) is 0 Å². The minimum Gasteiger partial charge on any atom is -0.384 e. The molecule has 5 heteroatoms. The zero-order chi connectivity index (χ0) is 14.0. The fourth-order valence-corrected chi connectivity index (χ4v) is 4.20. The largest absolute Gasteiger partial charge is 0.384 e. The van der Waals surface area contributed by atoms with Crippen molar-refractivity contribution in [3.05, 3.63) is 23.8 Å². The van der Waals surface area contributed by atoms with Gasteiger partial charge in [0.2, 0.25) is 10.0 Å². The molecule has 0 unspecified atom stereocenters. The highest BCUT2D eigenvalue weighted by Gasteiger charge is 2.27. The van der Waals surface area contributed by atoms with E-state index in [0.717, 1.165) is 25.1 Å². The first kappa shape index (κ1) is 14.3. The molecule has 1 aromatic carbocycles. The second-order valence-corrected chi connectivity index (χ2v) is 7.10. The summed E-state index contributed by atoms with van der Waals surface area (Å²) in [5, 5.41) is 3.23. The quantitative estimate of drug-likeness (QED) is 0.902. The van der Waals surface area contributed by atoms with E-state index in [9.17, 15) is 8.42 Å². The minimum atomic E-state index is -3.39. The number of rotatable bonds is 5. The molecule has 0 bridgehead atoms. The Kier molecular flexibility index (Phi) is 4.16. The molecular weight excluding hydrogens is 260 g/mol. The van der Waals surface area contributed by atoms with Gasteiger partial charge in [0.15, 0.2) is 0 Å². The second kappa shape index (κ2) is 5.51. The van der Waals surface area contributed by atoms with Gasteiger partial charge in [0, 0.05) is 24.8 Å². The lowest BCUT2D eigenvalue weighted by molar-refractivity contribution is 0.354. The average molecular weight is 282 g/mol. The van der Waals surface area contributed by atoms with E-state index in [1.807, 2.05) is 26.8 Å². The summed E-state index contributed by atoms with van der Waals surface area (Å²) in [6.07, 6.45) is 1.79. The van der Waals surface area contributed by atoms with Crippen LogP contribution in [0.25, 0.3) is 0 Å². The van der Waals surface area contributed by atoms with Gasteiger partial charge in [-0.15, -0.1) is 0 Å². The van der Waals surface area contributed by atoms with Gasteiger partial charge < -0.3 is 5.32 Å². The summed E-state index contributed by atoms with van der Waals surface area (Å²) < 4.78 is 26.9. The Morgan fingerprint density at radius 1 is 1.37 bits per heavy atom. The van der Waals surface area contributed by atoms with E-state index in [1.54, 1.807) is 16.4 Å². The lowest BCUT2D eigenvalue weighted by atomic mass is 10.2. The molecule has 0 aromatic heterocycles. The van der Waals surface area contributed by atoms with E-state index in [1.165, 1.54) is 5.56 Å². The summed E-state index contributed by atoms with van der Waals surface area (Å²) in [4.78, 5) is 0.391. The zero-order valence-corrected chi connectivity index (χ0v) is 12.6. The van der Waals surface area contributed by atoms with Gasteiger partial charge >= 0.3 is 0 Å². The second-order valence-electron chi connectivity index (χ2n) is 5.21. The summed E-state index contributed by atoms with van der Waals surface area (Å²) in [6, 6.07) is 5.40. The Balaban J connectivity index is 2.38. The van der Waals surface area contributed by atoms with E-state index in [4.69, 9.17) is 0 Å². The van der Waals surface area contributed by atoms with E-state index in [2.05, 4.69) is 5.32 Å². The van der Waals surface area contributed by atoms with Crippen LogP contribution >= 0.6 is 0 Å². The molecule has 0 fully saturated rings. The summed E-state index contributed by atoms with van der Waals surface area (Å²) in [6.45, 7) is 7.28. The van der Waals surface area contributed by atoms with Crippen molar-refractivity contribution in [2.45, 2.75) is 44.6 Å². The van der Waals surface area contributed by atoms with E-state index < -0.39 is 10.0 Å². The van der Waals surface area contributed by atoms with Crippen LogP contribution in [0.1, 0.15) is 32.8 Å². The van der Waals surface area contributed by atoms with Gasteiger partial charge in [-0.1, -0.05) is 13.0 Å². The smallest absolute Gasteiger partial charge is 0.243 e. The van der Waals surface area contributed by atoms with E-state index in [0.29, 0.717) is 11.4 Å². The van der Waals surface area contributed by atoms with Crippen molar-refractivity contribution in [2.24, 2.45) is 0 Å². The number of benzene rings is 1. The molecule has 0 aliphatic carbocycles. The Morgan fingerprint density at radius 3 is 2.74 bits per heavy atom. The molecule has 106 valence electrons. The number of nitrogens with one attached hydrogen (secondary N) is 1. The van der Waals surface area contributed by atoms with Crippen molar-refractivity contribution < 1.29 is 8.42 Å². The summed E-state index contributed by atoms with van der Waals surface area (Å²) in [5.74, 6) is 0. The number of anilines is 1. The van der Waals surface area contributed by atoms with Crippen LogP contribution in [-0.4, -0.2) is 31.9 Å². The third-order valence-electron chi connectivity index (χ3n) is 3.42. The van der Waals surface area contributed by atoms with Crippen molar-refractivity contribution >= 4 is 15.7 Å². The SMILES string of the molecule is CCCN(C(C)C)S(=O)(=O)c1ccc2c(c1)NCC2. The van der Waals surface area contributed by atoms with Crippen LogP contribution in [0.15, 0.2) is 23.1 Å². The topological polar surface area (TPSA) is 49.4 Å². The highest BCUT2D eigenvalue weighted by atomic mass is 32.2. The summed E-state index contributed by atoms with van der Waals surface area (Å²) in [7, 11) is -3.39. The molecule has 1 N–H and O–H groups in total. The molecule has 1 aromatic rings. The predicted molar refractivity (Wildman–Crippen MR) is 78.0 cm³/mol. The van der Waals surface area contributed by atoms with Crippen molar-refractivity contribution in [2.75, 3.05) is 18.4 Å². The maximum absolute atomic E-state index is 12.7. The van der Waals surface area contributed by atoms with Crippen LogP contribution in [0, 0.1) is 0 Å². The van der Waals surface area contributed by atoms with Crippen LogP contribution in [0.3, 0.4) is 0 Å². The number of hydrogen-bond donors (Lipinski definition) is 1. The Morgan fingerprint density at radius 2 is 2.11 bits per heavy atom. The molecule has 19 heavy (non-hydrogen) atoms. The van der Waals surface area contributed by atoms with Crippen LogP contribution < -0.4 is 5.32 Å². The molecule has 0 atom stereocenters. The molecule has 0 spiro atoms. The van der Waals surface area contributed by atoms with Crippen LogP contribution in [-0.2, 0) is 16.4 Å². The zero-order valence-electron chi connectivity index (χ0n) is 11.8. The lowest BCUT2D eigenvalue weighted by Crippen LogP contribution is -2.37. The standard InChI is InChI=1S/C14H22N2O2S/c1-4-9-16(11(2)3)19(17,18)13-6-5-12-7-8-15-14(12)10-13/h5-6,10-11,15H,4,7-9H2,1-3H3. The van der Waals surface area contributed by atoms with Crippen molar-refractivity contribution in [1.29, 1.82) is 0 Å². The average Bonchev–Trinajstić information content (AvgIpc) is 2.82. The first-order valence-electron chi connectivity index (χ1n) is 6.85. The molecule has 0 saturated heterocycles. The van der Waals surface area contributed by atoms with Gasteiger partial charge in [0.25, 0.3) is 0 Å². The summed E-state index contributed by atoms with van der Waals surface area (Å²) >= 11 is 0. The van der Waals surface area contributed by atoms with Crippen LogP contribution in [0.5, 0.6) is 0 Å². The molecule has 1 aliphatic rings. The van der Waals surface area contributed by atoms with Gasteiger partial charge in [-0.2, -0.15) is 4.31 Å². The number of hydrogen-bond acceptors (Lipinski definition) is 3. The molecule has 1 heterocycles. The van der Waals surface area contributed by atoms with Gasteiger partial charge in [-0.25, -0.2) is 8.42 Å².